The minimum Gasteiger partial charge on any atom is -0.481 e. The second-order valence-corrected chi connectivity index (χ2v) is 3.15. The van der Waals surface area contributed by atoms with Crippen LogP contribution in [0.3, 0.4) is 0 Å². The van der Waals surface area contributed by atoms with Crippen molar-refractivity contribution in [1.29, 1.82) is 0 Å². The highest BCUT2D eigenvalue weighted by Gasteiger charge is 2.13. The van der Waals surface area contributed by atoms with Gasteiger partial charge in [-0.2, -0.15) is 0 Å². The molecule has 70 valence electrons. The molecule has 0 unspecified atom stereocenters. The molecule has 0 heterocycles. The van der Waals surface area contributed by atoms with Gasteiger partial charge in [0.1, 0.15) is 0 Å². The molecule has 0 saturated carbocycles. The van der Waals surface area contributed by atoms with Gasteiger partial charge in [0.15, 0.2) is 0 Å². The summed E-state index contributed by atoms with van der Waals surface area (Å²) < 4.78 is 0. The normalized spacial score (nSPS) is 15.2. The van der Waals surface area contributed by atoms with Crippen LogP contribution in [0.1, 0.15) is 19.8 Å². The molecule has 2 atom stereocenters. The number of allylic oxidation sites excluding steroid dienone is 1. The van der Waals surface area contributed by atoms with Gasteiger partial charge in [0.2, 0.25) is 0 Å². The summed E-state index contributed by atoms with van der Waals surface area (Å²) in [5.41, 5.74) is 5.43. The fourth-order valence-electron chi connectivity index (χ4n) is 1.13. The lowest BCUT2D eigenvalue weighted by Crippen LogP contribution is -2.19. The van der Waals surface area contributed by atoms with E-state index in [0.717, 1.165) is 6.42 Å². The molecular formula is C9H17NO2. The van der Waals surface area contributed by atoms with Crippen molar-refractivity contribution in [2.24, 2.45) is 17.6 Å². The summed E-state index contributed by atoms with van der Waals surface area (Å²) in [7, 11) is 0. The fourth-order valence-corrected chi connectivity index (χ4v) is 1.13. The average Bonchev–Trinajstić information content (AvgIpc) is 2.02. The summed E-state index contributed by atoms with van der Waals surface area (Å²) >= 11 is 0. The van der Waals surface area contributed by atoms with Crippen LogP contribution in [0.2, 0.25) is 0 Å². The molecule has 0 aliphatic carbocycles. The molecule has 3 nitrogen and oxygen atoms in total. The molecule has 12 heavy (non-hydrogen) atoms. The minimum atomic E-state index is -0.776. The van der Waals surface area contributed by atoms with Crippen LogP contribution in [0.5, 0.6) is 0 Å². The van der Waals surface area contributed by atoms with Crippen molar-refractivity contribution in [3.63, 3.8) is 0 Å². The van der Waals surface area contributed by atoms with Crippen LogP contribution in [0.15, 0.2) is 12.7 Å². The van der Waals surface area contributed by atoms with Crippen LogP contribution in [-0.2, 0) is 4.79 Å². The Bertz CT molecular complexity index is 157. The van der Waals surface area contributed by atoms with Crippen LogP contribution in [-0.4, -0.2) is 17.6 Å². The number of carboxylic acids is 1. The average molecular weight is 171 g/mol. The Balaban J connectivity index is 3.81. The van der Waals surface area contributed by atoms with Gasteiger partial charge in [0.25, 0.3) is 0 Å². The summed E-state index contributed by atoms with van der Waals surface area (Å²) in [4.78, 5) is 10.4. The lowest BCUT2D eigenvalue weighted by Gasteiger charge is -2.14. The number of aliphatic carboxylic acids is 1. The number of carbonyl (C=O) groups is 1. The Morgan fingerprint density at radius 2 is 2.33 bits per heavy atom. The largest absolute Gasteiger partial charge is 0.481 e. The van der Waals surface area contributed by atoms with Crippen LogP contribution in [0, 0.1) is 11.8 Å². The maximum Gasteiger partial charge on any atom is 0.303 e. The number of nitrogens with two attached hydrogens (primary N) is 1. The molecule has 0 fully saturated rings. The van der Waals surface area contributed by atoms with E-state index >= 15 is 0 Å². The highest BCUT2D eigenvalue weighted by Crippen LogP contribution is 2.15. The lowest BCUT2D eigenvalue weighted by atomic mass is 9.93. The molecule has 0 radical (unpaired) electrons. The van der Waals surface area contributed by atoms with Crippen molar-refractivity contribution in [3.05, 3.63) is 12.7 Å². The van der Waals surface area contributed by atoms with Crippen molar-refractivity contribution in [2.75, 3.05) is 6.54 Å². The first kappa shape index (κ1) is 11.2. The highest BCUT2D eigenvalue weighted by molar-refractivity contribution is 5.67. The number of rotatable bonds is 6. The standard InChI is InChI=1S/C9H17NO2/c1-3-7(2)4-8(6-10)5-9(11)12/h3,7-8H,1,4-6,10H2,2H3,(H,11,12)/t7-,8-/m0/s1. The maximum absolute atomic E-state index is 10.4. The van der Waals surface area contributed by atoms with Crippen LogP contribution in [0.25, 0.3) is 0 Å². The molecular weight excluding hydrogens is 154 g/mol. The van der Waals surface area contributed by atoms with Gasteiger partial charge in [-0.3, -0.25) is 4.79 Å². The Labute approximate surface area is 73.3 Å². The molecule has 0 saturated heterocycles. The highest BCUT2D eigenvalue weighted by atomic mass is 16.4. The Morgan fingerprint density at radius 3 is 2.67 bits per heavy atom. The quantitative estimate of drug-likeness (QED) is 0.591. The fraction of sp³-hybridized carbons (Fsp3) is 0.667. The summed E-state index contributed by atoms with van der Waals surface area (Å²) in [6, 6.07) is 0. The first-order chi connectivity index (χ1) is 5.60. The van der Waals surface area contributed by atoms with Gasteiger partial charge in [0.05, 0.1) is 0 Å². The molecule has 0 spiro atoms. The van der Waals surface area contributed by atoms with E-state index in [1.165, 1.54) is 0 Å². The Morgan fingerprint density at radius 1 is 1.75 bits per heavy atom. The zero-order valence-electron chi connectivity index (χ0n) is 7.49. The zero-order valence-corrected chi connectivity index (χ0v) is 7.49. The van der Waals surface area contributed by atoms with Gasteiger partial charge in [-0.05, 0) is 24.8 Å². The Hall–Kier alpha value is -0.830. The second kappa shape index (κ2) is 5.77. The van der Waals surface area contributed by atoms with Gasteiger partial charge >= 0.3 is 5.97 Å². The summed E-state index contributed by atoms with van der Waals surface area (Å²) in [6.07, 6.45) is 2.80. The smallest absolute Gasteiger partial charge is 0.303 e. The van der Waals surface area contributed by atoms with Crippen LogP contribution in [0.4, 0.5) is 0 Å². The molecule has 0 bridgehead atoms. The predicted molar refractivity (Wildman–Crippen MR) is 48.8 cm³/mol. The van der Waals surface area contributed by atoms with E-state index in [9.17, 15) is 4.79 Å². The lowest BCUT2D eigenvalue weighted by molar-refractivity contribution is -0.138. The first-order valence-corrected chi connectivity index (χ1v) is 4.14. The predicted octanol–water partition coefficient (Wildman–Crippen LogP) is 1.25. The molecule has 0 aromatic heterocycles. The van der Waals surface area contributed by atoms with Gasteiger partial charge in [-0.15, -0.1) is 6.58 Å². The topological polar surface area (TPSA) is 63.3 Å². The van der Waals surface area contributed by atoms with Gasteiger partial charge in [0, 0.05) is 6.42 Å². The SMILES string of the molecule is C=C[C@H](C)C[C@H](CN)CC(=O)O. The van der Waals surface area contributed by atoms with Crippen LogP contribution >= 0.6 is 0 Å². The van der Waals surface area contributed by atoms with E-state index in [-0.39, 0.29) is 12.3 Å². The van der Waals surface area contributed by atoms with Gasteiger partial charge in [-0.25, -0.2) is 0 Å². The van der Waals surface area contributed by atoms with Crippen molar-refractivity contribution >= 4 is 5.97 Å². The number of hydrogen-bond donors (Lipinski definition) is 2. The minimum absolute atomic E-state index is 0.0792. The first-order valence-electron chi connectivity index (χ1n) is 4.14. The molecule has 3 heteroatoms. The third-order valence-corrected chi connectivity index (χ3v) is 1.90. The molecule has 0 rings (SSSR count). The number of carboxylic acid groups (broad SMARTS) is 1. The van der Waals surface area contributed by atoms with E-state index in [4.69, 9.17) is 10.8 Å². The third kappa shape index (κ3) is 4.91. The molecule has 0 amide bonds. The molecule has 0 aliphatic rings. The van der Waals surface area contributed by atoms with Crippen molar-refractivity contribution in [3.8, 4) is 0 Å². The summed E-state index contributed by atoms with van der Waals surface area (Å²) in [5, 5.41) is 8.52. The van der Waals surface area contributed by atoms with Crippen molar-refractivity contribution < 1.29 is 9.90 Å². The molecule has 0 aliphatic heterocycles. The number of hydrogen-bond acceptors (Lipinski definition) is 2. The summed E-state index contributed by atoms with van der Waals surface area (Å²) in [5.74, 6) is -0.352. The second-order valence-electron chi connectivity index (χ2n) is 3.15. The third-order valence-electron chi connectivity index (χ3n) is 1.90. The van der Waals surface area contributed by atoms with E-state index in [1.54, 1.807) is 0 Å². The summed E-state index contributed by atoms with van der Waals surface area (Å²) in [6.45, 7) is 6.09. The zero-order chi connectivity index (χ0) is 9.56. The molecule has 0 aromatic rings. The van der Waals surface area contributed by atoms with E-state index < -0.39 is 5.97 Å². The van der Waals surface area contributed by atoms with Gasteiger partial charge < -0.3 is 10.8 Å². The van der Waals surface area contributed by atoms with E-state index in [1.807, 2.05) is 13.0 Å². The monoisotopic (exact) mass is 171 g/mol. The van der Waals surface area contributed by atoms with E-state index in [2.05, 4.69) is 6.58 Å². The molecule has 3 N–H and O–H groups in total. The van der Waals surface area contributed by atoms with Crippen molar-refractivity contribution in [2.45, 2.75) is 19.8 Å². The Kier molecular flexibility index (Phi) is 5.37. The maximum atomic E-state index is 10.4. The van der Waals surface area contributed by atoms with Crippen LogP contribution < -0.4 is 5.73 Å². The van der Waals surface area contributed by atoms with Crippen molar-refractivity contribution in [1.82, 2.24) is 0 Å². The van der Waals surface area contributed by atoms with Gasteiger partial charge in [-0.1, -0.05) is 13.0 Å². The van der Waals surface area contributed by atoms with E-state index in [0.29, 0.717) is 12.5 Å². The molecule has 0 aromatic carbocycles.